The zero-order chi connectivity index (χ0) is 12.1. The van der Waals surface area contributed by atoms with E-state index in [9.17, 15) is 9.59 Å². The van der Waals surface area contributed by atoms with E-state index in [1.54, 1.807) is 12.1 Å². The SMILES string of the molecule is C[C@@H](NC(=O)c1cccc(C#N)c1)C(=O)O. The normalized spacial score (nSPS) is 11.2. The summed E-state index contributed by atoms with van der Waals surface area (Å²) in [5.41, 5.74) is 0.628. The Labute approximate surface area is 92.3 Å². The first-order chi connectivity index (χ1) is 7.54. The molecule has 0 bridgehead atoms. The van der Waals surface area contributed by atoms with Crippen LogP contribution in [0.3, 0.4) is 0 Å². The standard InChI is InChI=1S/C11H10N2O3/c1-7(11(15)16)13-10(14)9-4-2-3-8(5-9)6-12/h2-5,7H,1H3,(H,13,14)(H,15,16)/t7-/m1/s1. The highest BCUT2D eigenvalue weighted by atomic mass is 16.4. The Hall–Kier alpha value is -2.35. The summed E-state index contributed by atoms with van der Waals surface area (Å²) < 4.78 is 0. The molecule has 0 saturated heterocycles. The number of benzene rings is 1. The van der Waals surface area contributed by atoms with Gasteiger partial charge >= 0.3 is 5.97 Å². The summed E-state index contributed by atoms with van der Waals surface area (Å²) in [7, 11) is 0. The first-order valence-corrected chi connectivity index (χ1v) is 4.58. The van der Waals surface area contributed by atoms with Crippen molar-refractivity contribution in [2.75, 3.05) is 0 Å². The lowest BCUT2D eigenvalue weighted by atomic mass is 10.1. The molecular formula is C11H10N2O3. The van der Waals surface area contributed by atoms with E-state index in [1.807, 2.05) is 6.07 Å². The Morgan fingerprint density at radius 1 is 1.50 bits per heavy atom. The number of hydrogen-bond acceptors (Lipinski definition) is 3. The molecule has 0 aliphatic rings. The Bertz CT molecular complexity index is 463. The number of carboxylic acids is 1. The van der Waals surface area contributed by atoms with Gasteiger partial charge in [-0.05, 0) is 25.1 Å². The Morgan fingerprint density at radius 2 is 2.19 bits per heavy atom. The fourth-order valence-electron chi connectivity index (χ4n) is 1.07. The van der Waals surface area contributed by atoms with Crippen LogP contribution in [0.5, 0.6) is 0 Å². The highest BCUT2D eigenvalue weighted by Gasteiger charge is 2.15. The second-order valence-electron chi connectivity index (χ2n) is 3.23. The van der Waals surface area contributed by atoms with Gasteiger partial charge in [0.1, 0.15) is 6.04 Å². The van der Waals surface area contributed by atoms with Crippen molar-refractivity contribution in [3.05, 3.63) is 35.4 Å². The summed E-state index contributed by atoms with van der Waals surface area (Å²) in [5.74, 6) is -1.61. The van der Waals surface area contributed by atoms with E-state index in [2.05, 4.69) is 5.32 Å². The van der Waals surface area contributed by atoms with Crippen molar-refractivity contribution in [1.29, 1.82) is 5.26 Å². The summed E-state index contributed by atoms with van der Waals surface area (Å²) in [4.78, 5) is 22.1. The molecule has 0 aliphatic heterocycles. The van der Waals surface area contributed by atoms with Gasteiger partial charge in [0.2, 0.25) is 0 Å². The molecule has 0 spiro atoms. The van der Waals surface area contributed by atoms with Crippen LogP contribution >= 0.6 is 0 Å². The zero-order valence-corrected chi connectivity index (χ0v) is 8.60. The number of rotatable bonds is 3. The molecule has 0 unspecified atom stereocenters. The number of nitriles is 1. The number of carbonyl (C=O) groups is 2. The Morgan fingerprint density at radius 3 is 2.75 bits per heavy atom. The van der Waals surface area contributed by atoms with Crippen molar-refractivity contribution >= 4 is 11.9 Å². The quantitative estimate of drug-likeness (QED) is 0.783. The molecule has 0 heterocycles. The number of carboxylic acid groups (broad SMARTS) is 1. The van der Waals surface area contributed by atoms with E-state index in [0.29, 0.717) is 5.56 Å². The lowest BCUT2D eigenvalue weighted by Crippen LogP contribution is -2.38. The van der Waals surface area contributed by atoms with Crippen molar-refractivity contribution in [1.82, 2.24) is 5.32 Å². The first kappa shape index (κ1) is 11.7. The van der Waals surface area contributed by atoms with Crippen LogP contribution < -0.4 is 5.32 Å². The molecule has 1 aromatic rings. The molecule has 0 saturated carbocycles. The molecule has 0 radical (unpaired) electrons. The Balaban J connectivity index is 2.81. The smallest absolute Gasteiger partial charge is 0.325 e. The third-order valence-electron chi connectivity index (χ3n) is 1.97. The minimum Gasteiger partial charge on any atom is -0.480 e. The number of nitrogens with one attached hydrogen (secondary N) is 1. The number of carbonyl (C=O) groups excluding carboxylic acids is 1. The summed E-state index contributed by atoms with van der Waals surface area (Å²) in [6.07, 6.45) is 0. The maximum atomic E-state index is 11.5. The molecule has 5 nitrogen and oxygen atoms in total. The molecular weight excluding hydrogens is 208 g/mol. The van der Waals surface area contributed by atoms with Gasteiger partial charge in [0.15, 0.2) is 0 Å². The van der Waals surface area contributed by atoms with Gasteiger partial charge in [0.05, 0.1) is 11.6 Å². The highest BCUT2D eigenvalue weighted by molar-refractivity contribution is 5.96. The topological polar surface area (TPSA) is 90.2 Å². The van der Waals surface area contributed by atoms with Crippen LogP contribution in [-0.2, 0) is 4.79 Å². The molecule has 1 rings (SSSR count). The predicted molar refractivity (Wildman–Crippen MR) is 55.7 cm³/mol. The van der Waals surface area contributed by atoms with Crippen molar-refractivity contribution in [3.8, 4) is 6.07 Å². The van der Waals surface area contributed by atoms with Crippen LogP contribution in [0.25, 0.3) is 0 Å². The molecule has 1 atom stereocenters. The lowest BCUT2D eigenvalue weighted by Gasteiger charge is -2.08. The molecule has 0 aliphatic carbocycles. The number of hydrogen-bond donors (Lipinski definition) is 2. The van der Waals surface area contributed by atoms with Crippen LogP contribution in [0.2, 0.25) is 0 Å². The zero-order valence-electron chi connectivity index (χ0n) is 8.60. The van der Waals surface area contributed by atoms with Crippen molar-refractivity contribution in [3.63, 3.8) is 0 Å². The van der Waals surface area contributed by atoms with Gasteiger partial charge < -0.3 is 10.4 Å². The molecule has 0 aromatic heterocycles. The van der Waals surface area contributed by atoms with Gasteiger partial charge in [-0.2, -0.15) is 5.26 Å². The average molecular weight is 218 g/mol. The summed E-state index contributed by atoms with van der Waals surface area (Å²) in [6.45, 7) is 1.37. The maximum absolute atomic E-state index is 11.5. The van der Waals surface area contributed by atoms with Gasteiger partial charge in [0.25, 0.3) is 5.91 Å². The van der Waals surface area contributed by atoms with Crippen LogP contribution in [0, 0.1) is 11.3 Å². The lowest BCUT2D eigenvalue weighted by molar-refractivity contribution is -0.138. The maximum Gasteiger partial charge on any atom is 0.325 e. The molecule has 2 N–H and O–H groups in total. The van der Waals surface area contributed by atoms with E-state index < -0.39 is 17.9 Å². The van der Waals surface area contributed by atoms with Gasteiger partial charge in [-0.15, -0.1) is 0 Å². The Kier molecular flexibility index (Phi) is 3.62. The minimum atomic E-state index is -1.11. The van der Waals surface area contributed by atoms with E-state index in [4.69, 9.17) is 10.4 Å². The molecule has 5 heteroatoms. The van der Waals surface area contributed by atoms with E-state index >= 15 is 0 Å². The van der Waals surface area contributed by atoms with Crippen LogP contribution in [0.15, 0.2) is 24.3 Å². The van der Waals surface area contributed by atoms with Crippen molar-refractivity contribution in [2.24, 2.45) is 0 Å². The number of aliphatic carboxylic acids is 1. The van der Waals surface area contributed by atoms with Crippen molar-refractivity contribution < 1.29 is 14.7 Å². The van der Waals surface area contributed by atoms with Gasteiger partial charge in [-0.3, -0.25) is 9.59 Å². The van der Waals surface area contributed by atoms with E-state index in [1.165, 1.54) is 19.1 Å². The molecule has 1 aromatic carbocycles. The fourth-order valence-corrected chi connectivity index (χ4v) is 1.07. The third-order valence-corrected chi connectivity index (χ3v) is 1.97. The van der Waals surface area contributed by atoms with E-state index in [0.717, 1.165) is 0 Å². The fraction of sp³-hybridized carbons (Fsp3) is 0.182. The highest BCUT2D eigenvalue weighted by Crippen LogP contribution is 2.04. The monoisotopic (exact) mass is 218 g/mol. The van der Waals surface area contributed by atoms with Crippen LogP contribution in [0.4, 0.5) is 0 Å². The van der Waals surface area contributed by atoms with Crippen LogP contribution in [0.1, 0.15) is 22.8 Å². The van der Waals surface area contributed by atoms with Gasteiger partial charge in [-0.25, -0.2) is 0 Å². The molecule has 82 valence electrons. The summed E-state index contributed by atoms with van der Waals surface area (Å²) in [5, 5.41) is 19.5. The third kappa shape index (κ3) is 2.82. The predicted octanol–water partition coefficient (Wildman–Crippen LogP) is 0.761. The molecule has 0 fully saturated rings. The summed E-state index contributed by atoms with van der Waals surface area (Å²) in [6, 6.07) is 7.00. The van der Waals surface area contributed by atoms with Gasteiger partial charge in [0, 0.05) is 5.56 Å². The second kappa shape index (κ2) is 4.94. The first-order valence-electron chi connectivity index (χ1n) is 4.58. The van der Waals surface area contributed by atoms with Gasteiger partial charge in [-0.1, -0.05) is 6.07 Å². The number of amides is 1. The molecule has 16 heavy (non-hydrogen) atoms. The summed E-state index contributed by atoms with van der Waals surface area (Å²) >= 11 is 0. The number of nitrogens with zero attached hydrogens (tertiary/aromatic N) is 1. The van der Waals surface area contributed by atoms with E-state index in [-0.39, 0.29) is 5.56 Å². The average Bonchev–Trinajstić information content (AvgIpc) is 2.28. The minimum absolute atomic E-state index is 0.271. The largest absolute Gasteiger partial charge is 0.480 e. The van der Waals surface area contributed by atoms with Crippen molar-refractivity contribution in [2.45, 2.75) is 13.0 Å². The second-order valence-corrected chi connectivity index (χ2v) is 3.23. The van der Waals surface area contributed by atoms with Crippen LogP contribution in [-0.4, -0.2) is 23.0 Å². The molecule has 1 amide bonds.